The van der Waals surface area contributed by atoms with Crippen molar-refractivity contribution < 1.29 is 9.84 Å². The van der Waals surface area contributed by atoms with Crippen molar-refractivity contribution in [1.29, 1.82) is 0 Å². The van der Waals surface area contributed by atoms with Gasteiger partial charge in [0.15, 0.2) is 0 Å². The van der Waals surface area contributed by atoms with E-state index < -0.39 is 0 Å². The van der Waals surface area contributed by atoms with Crippen molar-refractivity contribution in [3.63, 3.8) is 0 Å². The summed E-state index contributed by atoms with van der Waals surface area (Å²) in [6, 6.07) is 10.4. The van der Waals surface area contributed by atoms with Crippen LogP contribution >= 0.6 is 0 Å². The van der Waals surface area contributed by atoms with Crippen molar-refractivity contribution in [2.24, 2.45) is 0 Å². The molecule has 0 aliphatic carbocycles. The summed E-state index contributed by atoms with van der Waals surface area (Å²) in [6.45, 7) is 6.65. The molecule has 1 saturated heterocycles. The first-order valence-corrected chi connectivity index (χ1v) is 7.35. The zero-order valence-electron chi connectivity index (χ0n) is 12.4. The third-order valence-corrected chi connectivity index (χ3v) is 4.54. The summed E-state index contributed by atoms with van der Waals surface area (Å²) in [5, 5.41) is 9.96. The minimum absolute atomic E-state index is 0.00368. The largest absolute Gasteiger partial charge is 0.395 e. The molecule has 1 aliphatic rings. The summed E-state index contributed by atoms with van der Waals surface area (Å²) in [5.74, 6) is 0. The Bertz CT molecular complexity index is 393. The Morgan fingerprint density at radius 1 is 1.32 bits per heavy atom. The van der Waals surface area contributed by atoms with Gasteiger partial charge >= 0.3 is 0 Å². The van der Waals surface area contributed by atoms with Crippen molar-refractivity contribution >= 4 is 0 Å². The Balaban J connectivity index is 2.17. The molecule has 0 aromatic heterocycles. The Morgan fingerprint density at radius 3 is 2.47 bits per heavy atom. The number of ether oxygens (including phenoxy) is 1. The maximum atomic E-state index is 9.96. The first-order valence-electron chi connectivity index (χ1n) is 7.35. The molecule has 0 saturated carbocycles. The van der Waals surface area contributed by atoms with Crippen molar-refractivity contribution in [2.75, 3.05) is 6.61 Å². The maximum Gasteiger partial charge on any atom is 0.0631 e. The smallest absolute Gasteiger partial charge is 0.0631 e. The molecule has 2 heteroatoms. The lowest BCUT2D eigenvalue weighted by molar-refractivity contribution is -0.0325. The highest BCUT2D eigenvalue weighted by Gasteiger charge is 2.38. The second-order valence-electron chi connectivity index (χ2n) is 6.40. The van der Waals surface area contributed by atoms with Crippen molar-refractivity contribution in [1.82, 2.24) is 0 Å². The van der Waals surface area contributed by atoms with E-state index in [1.807, 2.05) is 6.07 Å². The fourth-order valence-corrected chi connectivity index (χ4v) is 3.18. The number of benzene rings is 1. The van der Waals surface area contributed by atoms with Crippen LogP contribution in [0.25, 0.3) is 0 Å². The second kappa shape index (κ2) is 5.64. The lowest BCUT2D eigenvalue weighted by atomic mass is 9.74. The molecule has 0 radical (unpaired) electrons. The van der Waals surface area contributed by atoms with E-state index >= 15 is 0 Å². The molecule has 1 fully saturated rings. The Hall–Kier alpha value is -0.860. The van der Waals surface area contributed by atoms with Crippen LogP contribution in [-0.2, 0) is 10.2 Å². The summed E-state index contributed by atoms with van der Waals surface area (Å²) in [5.41, 5.74) is 1.07. The quantitative estimate of drug-likeness (QED) is 0.877. The number of aliphatic hydroxyl groups excluding tert-OH is 1. The van der Waals surface area contributed by atoms with Crippen molar-refractivity contribution in [2.45, 2.75) is 63.6 Å². The molecule has 1 heterocycles. The zero-order valence-corrected chi connectivity index (χ0v) is 12.4. The summed E-state index contributed by atoms with van der Waals surface area (Å²) in [7, 11) is 0. The number of aliphatic hydroxyl groups is 1. The number of rotatable bonds is 5. The molecular weight excluding hydrogens is 236 g/mol. The molecule has 2 unspecified atom stereocenters. The Labute approximate surface area is 116 Å². The van der Waals surface area contributed by atoms with E-state index in [0.29, 0.717) is 0 Å². The maximum absolute atomic E-state index is 9.96. The van der Waals surface area contributed by atoms with E-state index in [0.717, 1.165) is 25.7 Å². The lowest BCUT2D eigenvalue weighted by Crippen LogP contribution is -2.35. The summed E-state index contributed by atoms with van der Waals surface area (Å²) in [6.07, 6.45) is 4.32. The predicted molar refractivity (Wildman–Crippen MR) is 78.3 cm³/mol. The van der Waals surface area contributed by atoms with Gasteiger partial charge in [0.25, 0.3) is 0 Å². The van der Waals surface area contributed by atoms with Gasteiger partial charge in [-0.3, -0.25) is 0 Å². The lowest BCUT2D eigenvalue weighted by Gasteiger charge is -2.34. The molecule has 2 rings (SSSR count). The van der Waals surface area contributed by atoms with Crippen LogP contribution < -0.4 is 0 Å². The van der Waals surface area contributed by atoms with E-state index in [9.17, 15) is 5.11 Å². The fraction of sp³-hybridized carbons (Fsp3) is 0.647. The second-order valence-corrected chi connectivity index (χ2v) is 6.40. The average Bonchev–Trinajstić information content (AvgIpc) is 2.76. The zero-order chi connectivity index (χ0) is 13.9. The van der Waals surface area contributed by atoms with Crippen LogP contribution in [0.2, 0.25) is 0 Å². The van der Waals surface area contributed by atoms with E-state index in [1.165, 1.54) is 5.56 Å². The summed E-state index contributed by atoms with van der Waals surface area (Å²) >= 11 is 0. The molecule has 1 N–H and O–H groups in total. The van der Waals surface area contributed by atoms with Gasteiger partial charge in [-0.2, -0.15) is 0 Å². The van der Waals surface area contributed by atoms with Crippen molar-refractivity contribution in [3.8, 4) is 0 Å². The van der Waals surface area contributed by atoms with Crippen LogP contribution in [0.15, 0.2) is 30.3 Å². The monoisotopic (exact) mass is 262 g/mol. The molecule has 106 valence electrons. The van der Waals surface area contributed by atoms with Gasteiger partial charge in [0.05, 0.1) is 18.3 Å². The van der Waals surface area contributed by atoms with Gasteiger partial charge in [-0.25, -0.2) is 0 Å². The van der Waals surface area contributed by atoms with Crippen LogP contribution in [0.5, 0.6) is 0 Å². The standard InChI is InChI=1S/C17H26O2/c1-4-17(13-18,14-8-6-5-7-9-14)12-15-10-11-16(2,3)19-15/h5-9,15,18H,4,10-13H2,1-3H3. The molecule has 2 atom stereocenters. The van der Waals surface area contributed by atoms with E-state index in [1.54, 1.807) is 0 Å². The van der Waals surface area contributed by atoms with E-state index in [-0.39, 0.29) is 23.7 Å². The molecule has 0 amide bonds. The van der Waals surface area contributed by atoms with E-state index in [4.69, 9.17) is 4.74 Å². The molecule has 1 aliphatic heterocycles. The van der Waals surface area contributed by atoms with Crippen molar-refractivity contribution in [3.05, 3.63) is 35.9 Å². The highest BCUT2D eigenvalue weighted by Crippen LogP contribution is 2.39. The van der Waals surface area contributed by atoms with Gasteiger partial charge in [0, 0.05) is 5.41 Å². The molecular formula is C17H26O2. The van der Waals surface area contributed by atoms with Gasteiger partial charge < -0.3 is 9.84 Å². The first-order chi connectivity index (χ1) is 9.01. The molecule has 0 bridgehead atoms. The Morgan fingerprint density at radius 2 is 2.00 bits per heavy atom. The molecule has 19 heavy (non-hydrogen) atoms. The first kappa shape index (κ1) is 14.5. The van der Waals surface area contributed by atoms with E-state index in [2.05, 4.69) is 45.0 Å². The van der Waals surface area contributed by atoms with Crippen LogP contribution in [0.4, 0.5) is 0 Å². The van der Waals surface area contributed by atoms with Gasteiger partial charge in [-0.15, -0.1) is 0 Å². The summed E-state index contributed by atoms with van der Waals surface area (Å²) in [4.78, 5) is 0. The molecule has 1 aromatic carbocycles. The van der Waals surface area contributed by atoms with Gasteiger partial charge in [-0.05, 0) is 45.1 Å². The predicted octanol–water partition coefficient (Wildman–Crippen LogP) is 3.67. The topological polar surface area (TPSA) is 29.5 Å². The highest BCUT2D eigenvalue weighted by molar-refractivity contribution is 5.25. The average molecular weight is 262 g/mol. The normalized spacial score (nSPS) is 25.2. The Kier molecular flexibility index (Phi) is 4.32. The molecule has 0 spiro atoms. The van der Waals surface area contributed by atoms with Gasteiger partial charge in [0.2, 0.25) is 0 Å². The fourth-order valence-electron chi connectivity index (χ4n) is 3.18. The number of hydrogen-bond donors (Lipinski definition) is 1. The third kappa shape index (κ3) is 3.18. The minimum atomic E-state index is -0.160. The molecule has 1 aromatic rings. The van der Waals surface area contributed by atoms with Crippen LogP contribution in [0, 0.1) is 0 Å². The van der Waals surface area contributed by atoms with Crippen LogP contribution in [0.1, 0.15) is 52.0 Å². The SMILES string of the molecule is CCC(CO)(CC1CCC(C)(C)O1)c1ccccc1. The minimum Gasteiger partial charge on any atom is -0.395 e. The van der Waals surface area contributed by atoms with Crippen LogP contribution in [-0.4, -0.2) is 23.4 Å². The highest BCUT2D eigenvalue weighted by atomic mass is 16.5. The third-order valence-electron chi connectivity index (χ3n) is 4.54. The van der Waals surface area contributed by atoms with Gasteiger partial charge in [-0.1, -0.05) is 37.3 Å². The molecule has 2 nitrogen and oxygen atoms in total. The number of hydrogen-bond acceptors (Lipinski definition) is 2. The van der Waals surface area contributed by atoms with Crippen LogP contribution in [0.3, 0.4) is 0 Å². The van der Waals surface area contributed by atoms with Gasteiger partial charge in [0.1, 0.15) is 0 Å². The summed E-state index contributed by atoms with van der Waals surface area (Å²) < 4.78 is 6.12.